The van der Waals surface area contributed by atoms with Crippen molar-refractivity contribution in [2.75, 3.05) is 20.2 Å². The molecule has 2 aromatic rings. The van der Waals surface area contributed by atoms with Crippen LogP contribution >= 0.6 is 0 Å². The maximum atomic E-state index is 10.5. The van der Waals surface area contributed by atoms with Crippen LogP contribution in [-0.2, 0) is 6.54 Å². The van der Waals surface area contributed by atoms with Gasteiger partial charge in [0.15, 0.2) is 0 Å². The zero-order valence-corrected chi connectivity index (χ0v) is 11.7. The molecule has 0 saturated heterocycles. The van der Waals surface area contributed by atoms with Crippen molar-refractivity contribution in [3.05, 3.63) is 71.3 Å². The Kier molecular flexibility index (Phi) is 5.30. The topological polar surface area (TPSA) is 43.7 Å². The largest absolute Gasteiger partial charge is 0.395 e. The summed E-state index contributed by atoms with van der Waals surface area (Å²) in [5, 5.41) is 19.5. The summed E-state index contributed by atoms with van der Waals surface area (Å²) in [6.45, 7) is 1.47. The Morgan fingerprint density at radius 3 is 2.35 bits per heavy atom. The molecule has 3 nitrogen and oxygen atoms in total. The molecule has 0 saturated carbocycles. The number of benzene rings is 2. The molecule has 106 valence electrons. The monoisotopic (exact) mass is 271 g/mol. The molecule has 0 fully saturated rings. The summed E-state index contributed by atoms with van der Waals surface area (Å²) in [7, 11) is 1.96. The van der Waals surface area contributed by atoms with Gasteiger partial charge in [-0.3, -0.25) is 4.90 Å². The third kappa shape index (κ3) is 3.67. The minimum Gasteiger partial charge on any atom is -0.395 e. The fraction of sp³-hybridized carbons (Fsp3) is 0.294. The third-order valence-corrected chi connectivity index (χ3v) is 3.39. The molecule has 0 spiro atoms. The van der Waals surface area contributed by atoms with Crippen molar-refractivity contribution in [3.8, 4) is 0 Å². The molecule has 0 aromatic heterocycles. The van der Waals surface area contributed by atoms with Gasteiger partial charge in [0, 0.05) is 13.1 Å². The molecule has 0 aliphatic heterocycles. The molecular formula is C17H21NO2. The van der Waals surface area contributed by atoms with Crippen LogP contribution in [0.2, 0.25) is 0 Å². The van der Waals surface area contributed by atoms with Crippen molar-refractivity contribution >= 4 is 0 Å². The maximum absolute atomic E-state index is 10.5. The van der Waals surface area contributed by atoms with Gasteiger partial charge in [-0.2, -0.15) is 0 Å². The molecule has 2 aromatic carbocycles. The smallest absolute Gasteiger partial charge is 0.104 e. The molecule has 1 atom stereocenters. The van der Waals surface area contributed by atoms with Gasteiger partial charge in [0.1, 0.15) is 6.10 Å². The molecule has 0 amide bonds. The van der Waals surface area contributed by atoms with Gasteiger partial charge in [0.05, 0.1) is 6.61 Å². The van der Waals surface area contributed by atoms with Gasteiger partial charge in [-0.1, -0.05) is 54.6 Å². The summed E-state index contributed by atoms with van der Waals surface area (Å²) in [4.78, 5) is 2.04. The Balaban J connectivity index is 2.23. The normalized spacial score (nSPS) is 12.6. The molecule has 0 heterocycles. The lowest BCUT2D eigenvalue weighted by molar-refractivity contribution is 0.206. The predicted octanol–water partition coefficient (Wildman–Crippen LogP) is 2.19. The Morgan fingerprint density at radius 1 is 1.00 bits per heavy atom. The van der Waals surface area contributed by atoms with E-state index in [1.54, 1.807) is 0 Å². The van der Waals surface area contributed by atoms with E-state index in [0.29, 0.717) is 13.1 Å². The number of likely N-dealkylation sites (N-methyl/N-ethyl adjacent to an activating group) is 1. The Morgan fingerprint density at radius 2 is 1.65 bits per heavy atom. The number of aliphatic hydroxyl groups is 2. The molecule has 2 rings (SSSR count). The lowest BCUT2D eigenvalue weighted by Gasteiger charge is -2.20. The van der Waals surface area contributed by atoms with E-state index in [4.69, 9.17) is 5.11 Å². The fourth-order valence-electron chi connectivity index (χ4n) is 2.30. The van der Waals surface area contributed by atoms with Gasteiger partial charge in [0.25, 0.3) is 0 Å². The van der Waals surface area contributed by atoms with E-state index >= 15 is 0 Å². The number of aliphatic hydroxyl groups excluding tert-OH is 2. The van der Waals surface area contributed by atoms with Crippen molar-refractivity contribution in [1.29, 1.82) is 0 Å². The number of nitrogens with zero attached hydrogens (tertiary/aromatic N) is 1. The van der Waals surface area contributed by atoms with E-state index in [9.17, 15) is 5.11 Å². The molecule has 0 unspecified atom stereocenters. The summed E-state index contributed by atoms with van der Waals surface area (Å²) in [5.74, 6) is 0. The van der Waals surface area contributed by atoms with Crippen LogP contribution in [0.5, 0.6) is 0 Å². The first kappa shape index (κ1) is 14.7. The van der Waals surface area contributed by atoms with Crippen LogP contribution in [0.1, 0.15) is 22.8 Å². The average molecular weight is 271 g/mol. The van der Waals surface area contributed by atoms with Crippen molar-refractivity contribution in [3.63, 3.8) is 0 Å². The van der Waals surface area contributed by atoms with Gasteiger partial charge in [0.2, 0.25) is 0 Å². The lowest BCUT2D eigenvalue weighted by atomic mass is 9.96. The van der Waals surface area contributed by atoms with Crippen LogP contribution in [0.25, 0.3) is 0 Å². The Hall–Kier alpha value is -1.68. The SMILES string of the molecule is CN(CCO)Cc1ccccc1[C@@H](O)c1ccccc1. The number of rotatable bonds is 6. The first-order chi connectivity index (χ1) is 9.72. The molecule has 20 heavy (non-hydrogen) atoms. The zero-order valence-electron chi connectivity index (χ0n) is 11.7. The van der Waals surface area contributed by atoms with Crippen LogP contribution in [0.3, 0.4) is 0 Å². The zero-order chi connectivity index (χ0) is 14.4. The molecule has 0 radical (unpaired) electrons. The molecule has 3 heteroatoms. The highest BCUT2D eigenvalue weighted by Gasteiger charge is 2.14. The highest BCUT2D eigenvalue weighted by Crippen LogP contribution is 2.25. The van der Waals surface area contributed by atoms with E-state index < -0.39 is 6.10 Å². The van der Waals surface area contributed by atoms with Gasteiger partial charge < -0.3 is 10.2 Å². The second kappa shape index (κ2) is 7.20. The average Bonchev–Trinajstić information content (AvgIpc) is 2.48. The minimum atomic E-state index is -0.616. The summed E-state index contributed by atoms with van der Waals surface area (Å²) >= 11 is 0. The molecule has 0 bridgehead atoms. The molecule has 0 aliphatic carbocycles. The van der Waals surface area contributed by atoms with Gasteiger partial charge in [-0.15, -0.1) is 0 Å². The van der Waals surface area contributed by atoms with Crippen LogP contribution in [0, 0.1) is 0 Å². The molecular weight excluding hydrogens is 250 g/mol. The van der Waals surface area contributed by atoms with E-state index in [-0.39, 0.29) is 6.61 Å². The number of hydrogen-bond donors (Lipinski definition) is 2. The van der Waals surface area contributed by atoms with Crippen molar-refractivity contribution in [2.24, 2.45) is 0 Å². The summed E-state index contributed by atoms with van der Waals surface area (Å²) in [6, 6.07) is 17.6. The first-order valence-corrected chi connectivity index (χ1v) is 6.82. The van der Waals surface area contributed by atoms with Crippen LogP contribution in [0.15, 0.2) is 54.6 Å². The summed E-state index contributed by atoms with van der Waals surface area (Å²) in [5.41, 5.74) is 2.90. The highest BCUT2D eigenvalue weighted by molar-refractivity contribution is 5.35. The molecule has 2 N–H and O–H groups in total. The van der Waals surface area contributed by atoms with Crippen molar-refractivity contribution in [1.82, 2.24) is 4.90 Å². The summed E-state index contributed by atoms with van der Waals surface area (Å²) in [6.07, 6.45) is -0.616. The minimum absolute atomic E-state index is 0.139. The van der Waals surface area contributed by atoms with Gasteiger partial charge >= 0.3 is 0 Å². The van der Waals surface area contributed by atoms with Crippen LogP contribution in [0.4, 0.5) is 0 Å². The van der Waals surface area contributed by atoms with Gasteiger partial charge in [-0.25, -0.2) is 0 Å². The second-order valence-corrected chi connectivity index (χ2v) is 4.97. The summed E-state index contributed by atoms with van der Waals surface area (Å²) < 4.78 is 0. The maximum Gasteiger partial charge on any atom is 0.104 e. The highest BCUT2D eigenvalue weighted by atomic mass is 16.3. The third-order valence-electron chi connectivity index (χ3n) is 3.39. The quantitative estimate of drug-likeness (QED) is 0.846. The van der Waals surface area contributed by atoms with E-state index in [0.717, 1.165) is 16.7 Å². The van der Waals surface area contributed by atoms with Crippen molar-refractivity contribution < 1.29 is 10.2 Å². The van der Waals surface area contributed by atoms with Crippen LogP contribution < -0.4 is 0 Å². The lowest BCUT2D eigenvalue weighted by Crippen LogP contribution is -2.22. The first-order valence-electron chi connectivity index (χ1n) is 6.82. The molecule has 0 aliphatic rings. The fourth-order valence-corrected chi connectivity index (χ4v) is 2.30. The predicted molar refractivity (Wildman–Crippen MR) is 80.4 cm³/mol. The van der Waals surface area contributed by atoms with E-state index in [1.807, 2.05) is 66.5 Å². The van der Waals surface area contributed by atoms with Crippen molar-refractivity contribution in [2.45, 2.75) is 12.6 Å². The van der Waals surface area contributed by atoms with Crippen LogP contribution in [-0.4, -0.2) is 35.3 Å². The van der Waals surface area contributed by atoms with E-state index in [2.05, 4.69) is 0 Å². The standard InChI is InChI=1S/C17H21NO2/c1-18(11-12-19)13-15-9-5-6-10-16(15)17(20)14-7-3-2-4-8-14/h2-10,17,19-20H,11-13H2,1H3/t17-/m0/s1. The second-order valence-electron chi connectivity index (χ2n) is 4.97. The Labute approximate surface area is 120 Å². The number of hydrogen-bond acceptors (Lipinski definition) is 3. The van der Waals surface area contributed by atoms with E-state index in [1.165, 1.54) is 0 Å². The Bertz CT molecular complexity index is 528. The van der Waals surface area contributed by atoms with Gasteiger partial charge in [-0.05, 0) is 23.7 Å².